The number of likely N-dealkylation sites (tertiary alicyclic amines) is 1. The number of amides is 1. The van der Waals surface area contributed by atoms with Crippen molar-refractivity contribution in [1.29, 1.82) is 0 Å². The van der Waals surface area contributed by atoms with Crippen LogP contribution in [0, 0.1) is 5.41 Å². The minimum atomic E-state index is 0.326. The molecule has 0 spiro atoms. The minimum Gasteiger partial charge on any atom is -0.342 e. The van der Waals surface area contributed by atoms with Gasteiger partial charge in [-0.1, -0.05) is 27.7 Å². The fourth-order valence-corrected chi connectivity index (χ4v) is 1.58. The molecular formula is C11H23NO. The molecule has 0 atom stereocenters. The highest BCUT2D eigenvalue weighted by molar-refractivity contribution is 5.77. The highest BCUT2D eigenvalue weighted by atomic mass is 16.2. The molecule has 0 saturated carbocycles. The lowest BCUT2D eigenvalue weighted by atomic mass is 9.84. The molecule has 0 N–H and O–H groups in total. The summed E-state index contributed by atoms with van der Waals surface area (Å²) in [5, 5.41) is 0. The van der Waals surface area contributed by atoms with Crippen LogP contribution in [0.25, 0.3) is 0 Å². The molecular weight excluding hydrogens is 162 g/mol. The molecule has 1 heterocycles. The molecule has 13 heavy (non-hydrogen) atoms. The highest BCUT2D eigenvalue weighted by Crippen LogP contribution is 2.28. The van der Waals surface area contributed by atoms with E-state index in [9.17, 15) is 4.79 Å². The lowest BCUT2D eigenvalue weighted by molar-refractivity contribution is -0.136. The number of carbonyl (C=O) groups is 1. The van der Waals surface area contributed by atoms with E-state index in [1.807, 2.05) is 25.7 Å². The van der Waals surface area contributed by atoms with E-state index in [4.69, 9.17) is 0 Å². The molecule has 0 aromatic heterocycles. The lowest BCUT2D eigenvalue weighted by Crippen LogP contribution is -2.43. The normalized spacial score (nSPS) is 20.7. The summed E-state index contributed by atoms with van der Waals surface area (Å²) in [5.41, 5.74) is 0.337. The molecule has 1 amide bonds. The predicted molar refractivity (Wildman–Crippen MR) is 56.6 cm³/mol. The molecule has 1 fully saturated rings. The summed E-state index contributed by atoms with van der Waals surface area (Å²) in [5.74, 6) is 0.326. The Labute approximate surface area is 82.3 Å². The number of hydrogen-bond acceptors (Lipinski definition) is 1. The van der Waals surface area contributed by atoms with Gasteiger partial charge >= 0.3 is 0 Å². The van der Waals surface area contributed by atoms with Gasteiger partial charge in [0.2, 0.25) is 5.91 Å². The van der Waals surface area contributed by atoms with E-state index >= 15 is 0 Å². The second kappa shape index (κ2) is 5.25. The third-order valence-electron chi connectivity index (χ3n) is 2.37. The Morgan fingerprint density at radius 2 is 1.92 bits per heavy atom. The summed E-state index contributed by atoms with van der Waals surface area (Å²) in [4.78, 5) is 13.2. The van der Waals surface area contributed by atoms with Crippen molar-refractivity contribution in [2.45, 2.75) is 47.5 Å². The average Bonchev–Trinajstić information content (AvgIpc) is 2.13. The summed E-state index contributed by atoms with van der Waals surface area (Å²) in [6, 6.07) is 0. The zero-order chi connectivity index (χ0) is 10.5. The SMILES string of the molecule is CC.CCN1CC(C)(C)CCC1=O. The number of carbonyl (C=O) groups excluding carboxylic acids is 1. The number of piperidine rings is 1. The third-order valence-corrected chi connectivity index (χ3v) is 2.37. The van der Waals surface area contributed by atoms with E-state index in [-0.39, 0.29) is 0 Å². The Balaban J connectivity index is 0.000000671. The largest absolute Gasteiger partial charge is 0.342 e. The van der Waals surface area contributed by atoms with E-state index in [2.05, 4.69) is 13.8 Å². The van der Waals surface area contributed by atoms with Crippen molar-refractivity contribution in [3.8, 4) is 0 Å². The summed E-state index contributed by atoms with van der Waals surface area (Å²) < 4.78 is 0. The average molecular weight is 185 g/mol. The van der Waals surface area contributed by atoms with E-state index in [1.54, 1.807) is 0 Å². The van der Waals surface area contributed by atoms with Crippen molar-refractivity contribution in [2.75, 3.05) is 13.1 Å². The van der Waals surface area contributed by atoms with Crippen LogP contribution in [0.1, 0.15) is 47.5 Å². The highest BCUT2D eigenvalue weighted by Gasteiger charge is 2.29. The van der Waals surface area contributed by atoms with Gasteiger partial charge in [-0.15, -0.1) is 0 Å². The van der Waals surface area contributed by atoms with E-state index in [1.165, 1.54) is 0 Å². The summed E-state index contributed by atoms with van der Waals surface area (Å²) in [6.45, 7) is 12.3. The molecule has 1 aliphatic heterocycles. The predicted octanol–water partition coefficient (Wildman–Crippen LogP) is 2.68. The maximum absolute atomic E-state index is 11.2. The zero-order valence-corrected chi connectivity index (χ0v) is 9.68. The van der Waals surface area contributed by atoms with Crippen LogP contribution in [0.4, 0.5) is 0 Å². The lowest BCUT2D eigenvalue weighted by Gasteiger charge is -2.37. The molecule has 1 aliphatic rings. The molecule has 0 unspecified atom stereocenters. The summed E-state index contributed by atoms with van der Waals surface area (Å²) >= 11 is 0. The van der Waals surface area contributed by atoms with Crippen LogP contribution in [-0.4, -0.2) is 23.9 Å². The second-order valence-electron chi connectivity index (χ2n) is 4.07. The van der Waals surface area contributed by atoms with Crippen molar-refractivity contribution < 1.29 is 4.79 Å². The van der Waals surface area contributed by atoms with Gasteiger partial charge < -0.3 is 4.90 Å². The fourth-order valence-electron chi connectivity index (χ4n) is 1.58. The number of nitrogens with zero attached hydrogens (tertiary/aromatic N) is 1. The van der Waals surface area contributed by atoms with Crippen LogP contribution >= 0.6 is 0 Å². The molecule has 0 aromatic rings. The first-order valence-electron chi connectivity index (χ1n) is 5.33. The molecule has 1 rings (SSSR count). The first-order chi connectivity index (χ1) is 6.05. The van der Waals surface area contributed by atoms with Crippen LogP contribution in [0.5, 0.6) is 0 Å². The van der Waals surface area contributed by atoms with E-state index < -0.39 is 0 Å². The van der Waals surface area contributed by atoms with Gasteiger partial charge in [0, 0.05) is 19.5 Å². The zero-order valence-electron chi connectivity index (χ0n) is 9.68. The standard InChI is InChI=1S/C9H17NO.C2H6/c1-4-10-7-9(2,3)6-5-8(10)11;1-2/h4-7H2,1-3H3;1-2H3. The van der Waals surface area contributed by atoms with Gasteiger partial charge in [0.25, 0.3) is 0 Å². The Hall–Kier alpha value is -0.530. The molecule has 0 aliphatic carbocycles. The quantitative estimate of drug-likeness (QED) is 0.615. The van der Waals surface area contributed by atoms with Crippen LogP contribution < -0.4 is 0 Å². The molecule has 2 nitrogen and oxygen atoms in total. The number of rotatable bonds is 1. The van der Waals surface area contributed by atoms with Gasteiger partial charge in [-0.05, 0) is 18.8 Å². The third kappa shape index (κ3) is 3.79. The van der Waals surface area contributed by atoms with Crippen molar-refractivity contribution in [3.05, 3.63) is 0 Å². The van der Waals surface area contributed by atoms with Crippen molar-refractivity contribution >= 4 is 5.91 Å². The molecule has 0 aromatic carbocycles. The summed E-state index contributed by atoms with van der Waals surface area (Å²) in [6.07, 6.45) is 1.78. The summed E-state index contributed by atoms with van der Waals surface area (Å²) in [7, 11) is 0. The van der Waals surface area contributed by atoms with Gasteiger partial charge in [0.1, 0.15) is 0 Å². The molecule has 2 heteroatoms. The van der Waals surface area contributed by atoms with Gasteiger partial charge in [-0.25, -0.2) is 0 Å². The van der Waals surface area contributed by atoms with Crippen molar-refractivity contribution in [3.63, 3.8) is 0 Å². The Morgan fingerprint density at radius 1 is 1.38 bits per heavy atom. The smallest absolute Gasteiger partial charge is 0.222 e. The van der Waals surface area contributed by atoms with Crippen LogP contribution in [0.3, 0.4) is 0 Å². The first-order valence-corrected chi connectivity index (χ1v) is 5.33. The molecule has 78 valence electrons. The maximum Gasteiger partial charge on any atom is 0.222 e. The monoisotopic (exact) mass is 185 g/mol. The Morgan fingerprint density at radius 3 is 2.31 bits per heavy atom. The van der Waals surface area contributed by atoms with E-state index in [0.717, 1.165) is 25.9 Å². The van der Waals surface area contributed by atoms with E-state index in [0.29, 0.717) is 11.3 Å². The van der Waals surface area contributed by atoms with Gasteiger partial charge in [0.05, 0.1) is 0 Å². The van der Waals surface area contributed by atoms with Crippen molar-refractivity contribution in [2.24, 2.45) is 5.41 Å². The van der Waals surface area contributed by atoms with Gasteiger partial charge in [-0.3, -0.25) is 4.79 Å². The van der Waals surface area contributed by atoms with Crippen molar-refractivity contribution in [1.82, 2.24) is 4.90 Å². The molecule has 1 saturated heterocycles. The Bertz CT molecular complexity index is 163. The molecule has 0 radical (unpaired) electrons. The maximum atomic E-state index is 11.2. The minimum absolute atomic E-state index is 0.326. The van der Waals surface area contributed by atoms with Crippen LogP contribution in [0.15, 0.2) is 0 Å². The Kier molecular flexibility index (Phi) is 5.04. The topological polar surface area (TPSA) is 20.3 Å². The van der Waals surface area contributed by atoms with Crippen LogP contribution in [-0.2, 0) is 4.79 Å². The van der Waals surface area contributed by atoms with Gasteiger partial charge in [-0.2, -0.15) is 0 Å². The second-order valence-corrected chi connectivity index (χ2v) is 4.07. The van der Waals surface area contributed by atoms with Gasteiger partial charge in [0.15, 0.2) is 0 Å². The first kappa shape index (κ1) is 12.5. The van der Waals surface area contributed by atoms with Crippen LogP contribution in [0.2, 0.25) is 0 Å². The number of hydrogen-bond donors (Lipinski definition) is 0. The fraction of sp³-hybridized carbons (Fsp3) is 0.909. The molecule has 0 bridgehead atoms.